The highest BCUT2D eigenvalue weighted by Crippen LogP contribution is 2.25. The normalized spacial score (nSPS) is 14.9. The van der Waals surface area contributed by atoms with Crippen LogP contribution in [0.25, 0.3) is 0 Å². The van der Waals surface area contributed by atoms with Gasteiger partial charge in [0.2, 0.25) is 0 Å². The van der Waals surface area contributed by atoms with E-state index in [2.05, 4.69) is 32.9 Å². The quantitative estimate of drug-likeness (QED) is 0.821. The summed E-state index contributed by atoms with van der Waals surface area (Å²) in [5, 5.41) is 10.3. The molecule has 1 rings (SSSR count). The van der Waals surface area contributed by atoms with Gasteiger partial charge in [0.25, 0.3) is 0 Å². The van der Waals surface area contributed by atoms with E-state index in [-0.39, 0.29) is 6.10 Å². The van der Waals surface area contributed by atoms with E-state index in [0.717, 1.165) is 12.0 Å². The van der Waals surface area contributed by atoms with Gasteiger partial charge in [-0.2, -0.15) is 0 Å². The Morgan fingerprint density at radius 1 is 1.12 bits per heavy atom. The lowest BCUT2D eigenvalue weighted by Crippen LogP contribution is -2.27. The van der Waals surface area contributed by atoms with Crippen LogP contribution in [0, 0.1) is 5.92 Å². The summed E-state index contributed by atoms with van der Waals surface area (Å²) in [6.07, 6.45) is 0.350. The molecule has 1 N–H and O–H groups in total. The predicted octanol–water partition coefficient (Wildman–Crippen LogP) is 3.34. The van der Waals surface area contributed by atoms with Crippen LogP contribution in [-0.4, -0.2) is 17.8 Å². The Kier molecular flexibility index (Phi) is 5.66. The van der Waals surface area contributed by atoms with E-state index in [4.69, 9.17) is 4.74 Å². The average molecular weight is 236 g/mol. The Morgan fingerprint density at radius 2 is 1.71 bits per heavy atom. The molecule has 0 heterocycles. The van der Waals surface area contributed by atoms with Crippen molar-refractivity contribution in [2.75, 3.05) is 6.61 Å². The summed E-state index contributed by atoms with van der Waals surface area (Å²) in [6, 6.07) is 8.14. The number of aliphatic hydroxyl groups excluding tert-OH is 1. The fourth-order valence-corrected chi connectivity index (χ4v) is 1.98. The molecule has 2 heteroatoms. The first kappa shape index (κ1) is 14.2. The van der Waals surface area contributed by atoms with Crippen molar-refractivity contribution < 1.29 is 9.84 Å². The molecule has 1 aromatic rings. The minimum Gasteiger partial charge on any atom is -0.386 e. The van der Waals surface area contributed by atoms with Crippen LogP contribution in [0.15, 0.2) is 24.3 Å². The van der Waals surface area contributed by atoms with Gasteiger partial charge in [-0.15, -0.1) is 0 Å². The van der Waals surface area contributed by atoms with Gasteiger partial charge < -0.3 is 9.84 Å². The van der Waals surface area contributed by atoms with Crippen LogP contribution in [0.4, 0.5) is 0 Å². The minimum absolute atomic E-state index is 0.132. The van der Waals surface area contributed by atoms with Gasteiger partial charge in [-0.1, -0.05) is 45.0 Å². The molecule has 0 radical (unpaired) electrons. The molecule has 2 nitrogen and oxygen atoms in total. The molecule has 96 valence electrons. The molecule has 0 fully saturated rings. The fourth-order valence-electron chi connectivity index (χ4n) is 1.98. The van der Waals surface area contributed by atoms with Gasteiger partial charge in [0, 0.05) is 6.61 Å². The van der Waals surface area contributed by atoms with Crippen LogP contribution in [-0.2, 0) is 11.2 Å². The van der Waals surface area contributed by atoms with Crippen LogP contribution in [0.5, 0.6) is 0 Å². The van der Waals surface area contributed by atoms with Gasteiger partial charge >= 0.3 is 0 Å². The van der Waals surface area contributed by atoms with Gasteiger partial charge in [0.05, 0.1) is 6.10 Å². The van der Waals surface area contributed by atoms with Gasteiger partial charge in [-0.3, -0.25) is 0 Å². The Balaban J connectivity index is 2.81. The molecule has 0 aliphatic rings. The second-order valence-electron chi connectivity index (χ2n) is 4.70. The number of ether oxygens (including phenoxy) is 1. The van der Waals surface area contributed by atoms with Crippen LogP contribution >= 0.6 is 0 Å². The summed E-state index contributed by atoms with van der Waals surface area (Å²) in [5.41, 5.74) is 2.23. The summed E-state index contributed by atoms with van der Waals surface area (Å²) >= 11 is 0. The molecule has 0 aliphatic heterocycles. The molecule has 0 saturated heterocycles. The van der Waals surface area contributed by atoms with Crippen molar-refractivity contribution in [2.45, 2.75) is 46.3 Å². The lowest BCUT2D eigenvalue weighted by molar-refractivity contribution is -0.0585. The van der Waals surface area contributed by atoms with Crippen molar-refractivity contribution in [1.29, 1.82) is 0 Å². The Labute approximate surface area is 105 Å². The Morgan fingerprint density at radius 3 is 2.12 bits per heavy atom. The van der Waals surface area contributed by atoms with Crippen molar-refractivity contribution in [3.8, 4) is 0 Å². The number of benzene rings is 1. The summed E-state index contributed by atoms with van der Waals surface area (Å²) in [6.45, 7) is 8.87. The average Bonchev–Trinajstić information content (AvgIpc) is 2.35. The third-order valence-corrected chi connectivity index (χ3v) is 3.06. The van der Waals surface area contributed by atoms with Crippen LogP contribution in [0.3, 0.4) is 0 Å². The van der Waals surface area contributed by atoms with E-state index in [0.29, 0.717) is 12.5 Å². The molecular formula is C15H24O2. The molecule has 17 heavy (non-hydrogen) atoms. The lowest BCUT2D eigenvalue weighted by Gasteiger charge is -2.26. The van der Waals surface area contributed by atoms with E-state index >= 15 is 0 Å². The summed E-state index contributed by atoms with van der Waals surface area (Å²) in [5.74, 6) is 0.302. The highest BCUT2D eigenvalue weighted by atomic mass is 16.5. The zero-order valence-electron chi connectivity index (χ0n) is 11.3. The van der Waals surface area contributed by atoms with E-state index in [9.17, 15) is 5.11 Å². The molecule has 0 aromatic heterocycles. The lowest BCUT2D eigenvalue weighted by atomic mass is 9.95. The van der Waals surface area contributed by atoms with Crippen molar-refractivity contribution in [3.05, 3.63) is 35.4 Å². The molecule has 0 amide bonds. The van der Waals surface area contributed by atoms with Crippen molar-refractivity contribution in [2.24, 2.45) is 5.92 Å². The molecule has 0 aliphatic carbocycles. The van der Waals surface area contributed by atoms with E-state index < -0.39 is 6.10 Å². The first-order valence-corrected chi connectivity index (χ1v) is 6.48. The van der Waals surface area contributed by atoms with Gasteiger partial charge in [0.1, 0.15) is 6.10 Å². The topological polar surface area (TPSA) is 29.5 Å². The standard InChI is InChI=1S/C15H24O2/c1-5-12-7-9-13(10-8-12)14(16)15(11(3)4)17-6-2/h7-11,14-16H,5-6H2,1-4H3. The maximum absolute atomic E-state index is 10.3. The first-order chi connectivity index (χ1) is 8.10. The third-order valence-electron chi connectivity index (χ3n) is 3.06. The van der Waals surface area contributed by atoms with Crippen molar-refractivity contribution in [3.63, 3.8) is 0 Å². The second-order valence-corrected chi connectivity index (χ2v) is 4.70. The fraction of sp³-hybridized carbons (Fsp3) is 0.600. The van der Waals surface area contributed by atoms with Crippen molar-refractivity contribution in [1.82, 2.24) is 0 Å². The molecule has 2 atom stereocenters. The summed E-state index contributed by atoms with van der Waals surface area (Å²) in [4.78, 5) is 0. The molecule has 0 saturated carbocycles. The number of aliphatic hydroxyl groups is 1. The largest absolute Gasteiger partial charge is 0.386 e. The number of hydrogen-bond donors (Lipinski definition) is 1. The zero-order valence-corrected chi connectivity index (χ0v) is 11.3. The second kappa shape index (κ2) is 6.77. The SMILES string of the molecule is CCOC(C(C)C)C(O)c1ccc(CC)cc1. The maximum Gasteiger partial charge on any atom is 0.105 e. The van der Waals surface area contributed by atoms with Gasteiger partial charge in [0.15, 0.2) is 0 Å². The first-order valence-electron chi connectivity index (χ1n) is 6.48. The number of rotatable bonds is 6. The predicted molar refractivity (Wildman–Crippen MR) is 71.0 cm³/mol. The summed E-state index contributed by atoms with van der Waals surface area (Å²) in [7, 11) is 0. The van der Waals surface area contributed by atoms with E-state index in [1.165, 1.54) is 5.56 Å². The van der Waals surface area contributed by atoms with Crippen LogP contribution in [0.2, 0.25) is 0 Å². The van der Waals surface area contributed by atoms with Gasteiger partial charge in [-0.25, -0.2) is 0 Å². The molecule has 1 aromatic carbocycles. The highest BCUT2D eigenvalue weighted by Gasteiger charge is 2.24. The molecule has 2 unspecified atom stereocenters. The zero-order chi connectivity index (χ0) is 12.8. The Hall–Kier alpha value is -0.860. The van der Waals surface area contributed by atoms with Crippen LogP contribution in [0.1, 0.15) is 44.9 Å². The van der Waals surface area contributed by atoms with Crippen LogP contribution < -0.4 is 0 Å². The number of aryl methyl sites for hydroxylation is 1. The third kappa shape index (κ3) is 3.83. The smallest absolute Gasteiger partial charge is 0.105 e. The monoisotopic (exact) mass is 236 g/mol. The van der Waals surface area contributed by atoms with Gasteiger partial charge in [-0.05, 0) is 30.4 Å². The van der Waals surface area contributed by atoms with E-state index in [1.54, 1.807) is 0 Å². The molecule has 0 bridgehead atoms. The molecule has 0 spiro atoms. The number of hydrogen-bond acceptors (Lipinski definition) is 2. The highest BCUT2D eigenvalue weighted by molar-refractivity contribution is 5.24. The Bertz CT molecular complexity index is 316. The van der Waals surface area contributed by atoms with Crippen molar-refractivity contribution >= 4 is 0 Å². The maximum atomic E-state index is 10.3. The summed E-state index contributed by atoms with van der Waals surface area (Å²) < 4.78 is 5.63. The minimum atomic E-state index is -0.541. The molecular weight excluding hydrogens is 212 g/mol. The van der Waals surface area contributed by atoms with E-state index in [1.807, 2.05) is 19.1 Å².